The Labute approximate surface area is 164 Å². The molecule has 140 valence electrons. The number of benzene rings is 2. The van der Waals surface area contributed by atoms with Crippen LogP contribution in [0.2, 0.25) is 0 Å². The molecular weight excluding hydrogens is 354 g/mol. The van der Waals surface area contributed by atoms with Gasteiger partial charge in [-0.1, -0.05) is 61.4 Å². The number of carbonyl (C=O) groups is 1. The maximum atomic E-state index is 12.4. The molecule has 0 aliphatic heterocycles. The number of hydrogen-bond acceptors (Lipinski definition) is 3. The van der Waals surface area contributed by atoms with Gasteiger partial charge in [-0.05, 0) is 43.0 Å². The third-order valence-corrected chi connectivity index (χ3v) is 6.13. The second-order valence-electron chi connectivity index (χ2n) is 7.15. The fraction of sp³-hybridized carbons (Fsp3) is 0.364. The molecule has 0 unspecified atom stereocenters. The summed E-state index contributed by atoms with van der Waals surface area (Å²) in [7, 11) is 0. The Morgan fingerprint density at radius 3 is 2.59 bits per heavy atom. The van der Waals surface area contributed by atoms with Gasteiger partial charge in [-0.3, -0.25) is 9.36 Å². The monoisotopic (exact) mass is 379 g/mol. The van der Waals surface area contributed by atoms with Gasteiger partial charge in [-0.25, -0.2) is 4.98 Å². The smallest absolute Gasteiger partial charge is 0.230 e. The van der Waals surface area contributed by atoms with Crippen molar-refractivity contribution in [2.24, 2.45) is 5.92 Å². The van der Waals surface area contributed by atoms with Gasteiger partial charge in [-0.2, -0.15) is 0 Å². The van der Waals surface area contributed by atoms with Crippen LogP contribution in [0.3, 0.4) is 0 Å². The lowest BCUT2D eigenvalue weighted by atomic mass is 9.89. The van der Waals surface area contributed by atoms with Crippen LogP contribution in [0.4, 0.5) is 0 Å². The first-order valence-electron chi connectivity index (χ1n) is 9.73. The summed E-state index contributed by atoms with van der Waals surface area (Å²) in [5, 5.41) is 3.98. The van der Waals surface area contributed by atoms with Gasteiger partial charge in [0.05, 0.1) is 16.8 Å². The first-order chi connectivity index (χ1) is 13.3. The first kappa shape index (κ1) is 18.1. The maximum Gasteiger partial charge on any atom is 0.230 e. The highest BCUT2D eigenvalue weighted by Gasteiger charge is 2.16. The summed E-state index contributed by atoms with van der Waals surface area (Å²) in [6.45, 7) is 0.814. The average molecular weight is 380 g/mol. The Bertz CT molecular complexity index is 900. The van der Waals surface area contributed by atoms with Crippen LogP contribution < -0.4 is 5.32 Å². The number of thioether (sulfide) groups is 1. The minimum atomic E-state index is 0.0947. The summed E-state index contributed by atoms with van der Waals surface area (Å²) in [6.07, 6.45) is 6.44. The van der Waals surface area contributed by atoms with Crippen molar-refractivity contribution in [3.8, 4) is 5.69 Å². The van der Waals surface area contributed by atoms with Crippen molar-refractivity contribution in [1.29, 1.82) is 0 Å². The lowest BCUT2D eigenvalue weighted by molar-refractivity contribution is -0.118. The Morgan fingerprint density at radius 1 is 1.04 bits per heavy atom. The molecule has 1 N–H and O–H groups in total. The molecule has 4 nitrogen and oxygen atoms in total. The maximum absolute atomic E-state index is 12.4. The fourth-order valence-electron chi connectivity index (χ4n) is 3.76. The molecule has 1 aliphatic carbocycles. The fourth-order valence-corrected chi connectivity index (χ4v) is 4.62. The van der Waals surface area contributed by atoms with Crippen LogP contribution in [-0.4, -0.2) is 27.8 Å². The molecular formula is C22H25N3OS. The minimum absolute atomic E-state index is 0.0947. The van der Waals surface area contributed by atoms with Crippen molar-refractivity contribution >= 4 is 28.7 Å². The van der Waals surface area contributed by atoms with Crippen LogP contribution >= 0.6 is 11.8 Å². The van der Waals surface area contributed by atoms with E-state index in [1.165, 1.54) is 43.9 Å². The van der Waals surface area contributed by atoms with Crippen molar-refractivity contribution in [2.75, 3.05) is 12.3 Å². The number of rotatable bonds is 6. The number of para-hydroxylation sites is 3. The van der Waals surface area contributed by atoms with Gasteiger partial charge in [0, 0.05) is 12.2 Å². The molecule has 0 spiro atoms. The van der Waals surface area contributed by atoms with Crippen LogP contribution in [0.5, 0.6) is 0 Å². The molecule has 1 amide bonds. The first-order valence-corrected chi connectivity index (χ1v) is 10.7. The quantitative estimate of drug-likeness (QED) is 0.625. The van der Waals surface area contributed by atoms with Gasteiger partial charge in [0.2, 0.25) is 5.91 Å². The summed E-state index contributed by atoms with van der Waals surface area (Å²) in [4.78, 5) is 17.1. The summed E-state index contributed by atoms with van der Waals surface area (Å²) in [6, 6.07) is 18.3. The number of nitrogens with zero attached hydrogens (tertiary/aromatic N) is 2. The molecule has 1 heterocycles. The van der Waals surface area contributed by atoms with Crippen molar-refractivity contribution in [3.05, 3.63) is 54.6 Å². The van der Waals surface area contributed by atoms with Gasteiger partial charge in [-0.15, -0.1) is 0 Å². The zero-order chi connectivity index (χ0) is 18.5. The molecule has 1 saturated carbocycles. The SMILES string of the molecule is O=C(CSc1nc2ccccc2n1-c1ccccc1)NCC1CCCCC1. The topological polar surface area (TPSA) is 46.9 Å². The summed E-state index contributed by atoms with van der Waals surface area (Å²) >= 11 is 1.50. The number of carbonyl (C=O) groups excluding carboxylic acids is 1. The Balaban J connectivity index is 1.46. The second-order valence-corrected chi connectivity index (χ2v) is 8.09. The average Bonchev–Trinajstić information content (AvgIpc) is 3.10. The lowest BCUT2D eigenvalue weighted by Gasteiger charge is -2.21. The summed E-state index contributed by atoms with van der Waals surface area (Å²) in [5.41, 5.74) is 3.08. The molecule has 27 heavy (non-hydrogen) atoms. The molecule has 1 fully saturated rings. The van der Waals surface area contributed by atoms with Gasteiger partial charge in [0.15, 0.2) is 5.16 Å². The van der Waals surface area contributed by atoms with E-state index in [-0.39, 0.29) is 5.91 Å². The van der Waals surface area contributed by atoms with E-state index in [1.54, 1.807) is 0 Å². The third kappa shape index (κ3) is 4.35. The van der Waals surface area contributed by atoms with E-state index in [0.29, 0.717) is 11.7 Å². The molecule has 0 radical (unpaired) electrons. The van der Waals surface area contributed by atoms with E-state index in [0.717, 1.165) is 28.4 Å². The normalized spacial score (nSPS) is 15.1. The van der Waals surface area contributed by atoms with E-state index < -0.39 is 0 Å². The standard InChI is InChI=1S/C22H25N3OS/c26-21(23-15-17-9-3-1-4-10-17)16-27-22-24-19-13-7-8-14-20(19)25(22)18-11-5-2-6-12-18/h2,5-8,11-14,17H,1,3-4,9-10,15-16H2,(H,23,26). The van der Waals surface area contributed by atoms with Crippen LogP contribution in [0.25, 0.3) is 16.7 Å². The Hall–Kier alpha value is -2.27. The van der Waals surface area contributed by atoms with Crippen molar-refractivity contribution in [3.63, 3.8) is 0 Å². The van der Waals surface area contributed by atoms with Gasteiger partial charge >= 0.3 is 0 Å². The Kier molecular flexibility index (Phi) is 5.78. The Morgan fingerprint density at radius 2 is 1.78 bits per heavy atom. The van der Waals surface area contributed by atoms with E-state index in [2.05, 4.69) is 28.1 Å². The third-order valence-electron chi connectivity index (χ3n) is 5.19. The molecule has 3 aromatic rings. The highest BCUT2D eigenvalue weighted by atomic mass is 32.2. The van der Waals surface area contributed by atoms with Crippen LogP contribution in [0.15, 0.2) is 59.8 Å². The molecule has 1 aliphatic rings. The predicted octanol–water partition coefficient (Wildman–Crippen LogP) is 4.81. The predicted molar refractivity (Wildman–Crippen MR) is 111 cm³/mol. The van der Waals surface area contributed by atoms with Crippen LogP contribution in [0, 0.1) is 5.92 Å². The molecule has 2 aromatic carbocycles. The van der Waals surface area contributed by atoms with Crippen molar-refractivity contribution in [1.82, 2.24) is 14.9 Å². The summed E-state index contributed by atoms with van der Waals surface area (Å²) in [5.74, 6) is 1.14. The highest BCUT2D eigenvalue weighted by molar-refractivity contribution is 7.99. The number of nitrogens with one attached hydrogen (secondary N) is 1. The van der Waals surface area contributed by atoms with Gasteiger partial charge in [0.1, 0.15) is 0 Å². The molecule has 0 bridgehead atoms. The number of aromatic nitrogens is 2. The summed E-state index contributed by atoms with van der Waals surface area (Å²) < 4.78 is 2.13. The van der Waals surface area contributed by atoms with Crippen molar-refractivity contribution < 1.29 is 4.79 Å². The largest absolute Gasteiger partial charge is 0.355 e. The lowest BCUT2D eigenvalue weighted by Crippen LogP contribution is -2.31. The number of fused-ring (bicyclic) bond motifs is 1. The molecule has 0 saturated heterocycles. The number of amides is 1. The van der Waals surface area contributed by atoms with E-state index in [4.69, 9.17) is 4.98 Å². The highest BCUT2D eigenvalue weighted by Crippen LogP contribution is 2.28. The number of imidazole rings is 1. The molecule has 4 rings (SSSR count). The van der Waals surface area contributed by atoms with Gasteiger partial charge in [0.25, 0.3) is 0 Å². The number of hydrogen-bond donors (Lipinski definition) is 1. The van der Waals surface area contributed by atoms with E-state index in [1.807, 2.05) is 36.4 Å². The zero-order valence-electron chi connectivity index (χ0n) is 15.4. The minimum Gasteiger partial charge on any atom is -0.355 e. The molecule has 5 heteroatoms. The van der Waals surface area contributed by atoms with Gasteiger partial charge < -0.3 is 5.32 Å². The zero-order valence-corrected chi connectivity index (χ0v) is 16.3. The van der Waals surface area contributed by atoms with Crippen LogP contribution in [0.1, 0.15) is 32.1 Å². The molecule has 0 atom stereocenters. The van der Waals surface area contributed by atoms with E-state index >= 15 is 0 Å². The van der Waals surface area contributed by atoms with Crippen LogP contribution in [-0.2, 0) is 4.79 Å². The second kappa shape index (κ2) is 8.61. The van der Waals surface area contributed by atoms with E-state index in [9.17, 15) is 4.79 Å². The van der Waals surface area contributed by atoms with Crippen molar-refractivity contribution in [2.45, 2.75) is 37.3 Å². The molecule has 1 aromatic heterocycles.